The maximum Gasteiger partial charge on any atom is 0.324 e. The lowest BCUT2D eigenvalue weighted by Crippen LogP contribution is -2.38. The summed E-state index contributed by atoms with van der Waals surface area (Å²) in [7, 11) is 0. The van der Waals surface area contributed by atoms with Gasteiger partial charge in [0, 0.05) is 0 Å². The van der Waals surface area contributed by atoms with E-state index in [1.165, 1.54) is 0 Å². The van der Waals surface area contributed by atoms with Crippen molar-refractivity contribution < 1.29 is 15.0 Å². The summed E-state index contributed by atoms with van der Waals surface area (Å²) in [5.41, 5.74) is 3.27. The topological polar surface area (TPSA) is 83.6 Å². The molecule has 0 saturated heterocycles. The molecular weight excluding hydrogens is 169 g/mol. The first-order valence-electron chi connectivity index (χ1n) is 1.86. The molecule has 0 aromatic rings. The SMILES string of the molecule is Cl.NC(C(=O)O)C(O)Cl. The number of aliphatic carboxylic acids is 1. The Balaban J connectivity index is 0. The minimum Gasteiger partial charge on any atom is -0.480 e. The average molecular weight is 176 g/mol. The number of aliphatic hydroxyl groups is 1. The Morgan fingerprint density at radius 2 is 2.00 bits per heavy atom. The number of halogens is 2. The maximum atomic E-state index is 9.77. The summed E-state index contributed by atoms with van der Waals surface area (Å²) in [6.07, 6.45) is 0. The van der Waals surface area contributed by atoms with Gasteiger partial charge < -0.3 is 15.9 Å². The number of nitrogens with two attached hydrogens (primary N) is 1. The number of hydrogen-bond donors (Lipinski definition) is 3. The first kappa shape index (κ1) is 11.7. The number of carbonyl (C=O) groups is 1. The summed E-state index contributed by atoms with van der Waals surface area (Å²) >= 11 is 4.87. The zero-order valence-corrected chi connectivity index (χ0v) is 5.89. The second kappa shape index (κ2) is 4.81. The number of alkyl halides is 1. The zero-order valence-electron chi connectivity index (χ0n) is 4.32. The summed E-state index contributed by atoms with van der Waals surface area (Å²) in [5.74, 6) is -1.31. The van der Waals surface area contributed by atoms with Gasteiger partial charge in [-0.05, 0) is 0 Å². The summed E-state index contributed by atoms with van der Waals surface area (Å²) in [6.45, 7) is 0. The van der Waals surface area contributed by atoms with E-state index < -0.39 is 17.6 Å². The predicted molar refractivity (Wildman–Crippen MR) is 34.7 cm³/mol. The molecule has 0 aromatic carbocycles. The quantitative estimate of drug-likeness (QED) is 0.489. The van der Waals surface area contributed by atoms with Crippen molar-refractivity contribution in [1.82, 2.24) is 0 Å². The average Bonchev–Trinajstić information content (AvgIpc) is 1.64. The van der Waals surface area contributed by atoms with Gasteiger partial charge in [-0.3, -0.25) is 4.79 Å². The van der Waals surface area contributed by atoms with Crippen LogP contribution in [0.2, 0.25) is 0 Å². The molecule has 0 heterocycles. The molecule has 0 aromatic heterocycles. The minimum absolute atomic E-state index is 0. The molecule has 0 rings (SSSR count). The summed E-state index contributed by atoms with van der Waals surface area (Å²) < 4.78 is 0. The molecule has 0 radical (unpaired) electrons. The lowest BCUT2D eigenvalue weighted by atomic mass is 10.3. The molecule has 2 atom stereocenters. The number of aliphatic hydroxyl groups excluding tert-OH is 1. The molecule has 6 heteroatoms. The third kappa shape index (κ3) is 4.47. The molecule has 4 nitrogen and oxygen atoms in total. The predicted octanol–water partition coefficient (Wildman–Crippen LogP) is -0.623. The zero-order chi connectivity index (χ0) is 6.73. The van der Waals surface area contributed by atoms with E-state index in [0.717, 1.165) is 0 Å². The second-order valence-electron chi connectivity index (χ2n) is 1.24. The van der Waals surface area contributed by atoms with Crippen molar-refractivity contribution in [3.63, 3.8) is 0 Å². The van der Waals surface area contributed by atoms with Crippen LogP contribution in [0.5, 0.6) is 0 Å². The van der Waals surface area contributed by atoms with Gasteiger partial charge in [0.15, 0.2) is 5.56 Å². The van der Waals surface area contributed by atoms with E-state index in [2.05, 4.69) is 0 Å². The molecule has 0 fully saturated rings. The van der Waals surface area contributed by atoms with Crippen LogP contribution in [0.15, 0.2) is 0 Å². The highest BCUT2D eigenvalue weighted by atomic mass is 35.5. The van der Waals surface area contributed by atoms with Crippen LogP contribution in [0.1, 0.15) is 0 Å². The van der Waals surface area contributed by atoms with Crippen LogP contribution in [-0.2, 0) is 4.79 Å². The van der Waals surface area contributed by atoms with Crippen molar-refractivity contribution in [2.45, 2.75) is 11.6 Å². The van der Waals surface area contributed by atoms with E-state index in [4.69, 9.17) is 27.5 Å². The van der Waals surface area contributed by atoms with E-state index in [-0.39, 0.29) is 12.4 Å². The summed E-state index contributed by atoms with van der Waals surface area (Å²) in [6, 6.07) is -1.39. The smallest absolute Gasteiger partial charge is 0.324 e. The fraction of sp³-hybridized carbons (Fsp3) is 0.667. The molecule has 56 valence electrons. The van der Waals surface area contributed by atoms with Gasteiger partial charge in [-0.2, -0.15) is 0 Å². The van der Waals surface area contributed by atoms with Crippen molar-refractivity contribution in [3.8, 4) is 0 Å². The second-order valence-corrected chi connectivity index (χ2v) is 1.68. The number of carboxylic acids is 1. The Kier molecular flexibility index (Phi) is 6.27. The molecule has 9 heavy (non-hydrogen) atoms. The van der Waals surface area contributed by atoms with Crippen LogP contribution in [0.25, 0.3) is 0 Å². The van der Waals surface area contributed by atoms with Crippen LogP contribution in [0, 0.1) is 0 Å². The normalized spacial score (nSPS) is 15.4. The minimum atomic E-state index is -1.51. The Morgan fingerprint density at radius 3 is 2.00 bits per heavy atom. The van der Waals surface area contributed by atoms with Gasteiger partial charge in [0.1, 0.15) is 6.04 Å². The molecule has 0 saturated carbocycles. The van der Waals surface area contributed by atoms with Gasteiger partial charge in [0.25, 0.3) is 0 Å². The van der Waals surface area contributed by atoms with Gasteiger partial charge in [-0.15, -0.1) is 12.4 Å². The third-order valence-corrected chi connectivity index (χ3v) is 0.853. The number of hydrogen-bond acceptors (Lipinski definition) is 3. The van der Waals surface area contributed by atoms with E-state index in [1.807, 2.05) is 0 Å². The Bertz CT molecular complexity index is 97.1. The van der Waals surface area contributed by atoms with Gasteiger partial charge in [-0.1, -0.05) is 11.6 Å². The molecule has 0 aliphatic carbocycles. The largest absolute Gasteiger partial charge is 0.480 e. The molecule has 0 spiro atoms. The first-order chi connectivity index (χ1) is 3.55. The van der Waals surface area contributed by atoms with Gasteiger partial charge in [0.2, 0.25) is 0 Å². The van der Waals surface area contributed by atoms with E-state index in [1.54, 1.807) is 0 Å². The van der Waals surface area contributed by atoms with Crippen molar-refractivity contribution >= 4 is 30.0 Å². The fourth-order valence-corrected chi connectivity index (χ4v) is 0.225. The van der Waals surface area contributed by atoms with Crippen LogP contribution < -0.4 is 5.73 Å². The molecular formula is C3H7Cl2NO3. The Labute approximate surface area is 63.0 Å². The van der Waals surface area contributed by atoms with Crippen molar-refractivity contribution in [2.75, 3.05) is 0 Å². The van der Waals surface area contributed by atoms with Crippen molar-refractivity contribution in [3.05, 3.63) is 0 Å². The van der Waals surface area contributed by atoms with E-state index >= 15 is 0 Å². The van der Waals surface area contributed by atoms with Crippen LogP contribution in [0.3, 0.4) is 0 Å². The van der Waals surface area contributed by atoms with Gasteiger partial charge >= 0.3 is 5.97 Å². The van der Waals surface area contributed by atoms with Crippen molar-refractivity contribution in [1.29, 1.82) is 0 Å². The number of rotatable bonds is 2. The standard InChI is InChI=1S/C3H6ClNO3.ClH/c4-2(6)1(5)3(7)8;/h1-2,6H,5H2,(H,7,8);1H. The monoisotopic (exact) mass is 175 g/mol. The van der Waals surface area contributed by atoms with Crippen LogP contribution >= 0.6 is 24.0 Å². The Hall–Kier alpha value is -0.0300. The highest BCUT2D eigenvalue weighted by molar-refractivity contribution is 6.21. The molecule has 0 aliphatic heterocycles. The third-order valence-electron chi connectivity index (χ3n) is 0.581. The molecule has 4 N–H and O–H groups in total. The van der Waals surface area contributed by atoms with Gasteiger partial charge in [0.05, 0.1) is 0 Å². The lowest BCUT2D eigenvalue weighted by Gasteiger charge is -2.04. The highest BCUT2D eigenvalue weighted by Crippen LogP contribution is 1.93. The molecule has 2 unspecified atom stereocenters. The van der Waals surface area contributed by atoms with E-state index in [0.29, 0.717) is 0 Å². The molecule has 0 amide bonds. The molecule has 0 aliphatic rings. The summed E-state index contributed by atoms with van der Waals surface area (Å²) in [4.78, 5) is 9.77. The maximum absolute atomic E-state index is 9.77. The lowest BCUT2D eigenvalue weighted by molar-refractivity contribution is -0.139. The first-order valence-corrected chi connectivity index (χ1v) is 2.30. The highest BCUT2D eigenvalue weighted by Gasteiger charge is 2.18. The van der Waals surface area contributed by atoms with Crippen LogP contribution in [0.4, 0.5) is 0 Å². The summed E-state index contributed by atoms with van der Waals surface area (Å²) in [5, 5.41) is 16.2. The van der Waals surface area contributed by atoms with E-state index in [9.17, 15) is 4.79 Å². The van der Waals surface area contributed by atoms with Crippen molar-refractivity contribution in [2.24, 2.45) is 5.73 Å². The fourth-order valence-electron chi connectivity index (χ4n) is 0.118. The van der Waals surface area contributed by atoms with Crippen LogP contribution in [-0.4, -0.2) is 27.8 Å². The molecule has 0 bridgehead atoms. The van der Waals surface area contributed by atoms with Gasteiger partial charge in [-0.25, -0.2) is 0 Å². The number of carboxylic acid groups (broad SMARTS) is 1. The Morgan fingerprint density at radius 1 is 1.67 bits per heavy atom.